The number of hydrogen-bond acceptors (Lipinski definition) is 8. The van der Waals surface area contributed by atoms with Crippen LogP contribution in [0.15, 0.2) is 117 Å². The number of aliphatic imine (C=N–C) groups is 4. The third-order valence-electron chi connectivity index (χ3n) is 6.28. The Hall–Kier alpha value is -5.16. The molecule has 0 aliphatic carbocycles. The summed E-state index contributed by atoms with van der Waals surface area (Å²) in [4.78, 5) is 17.6. The van der Waals surface area contributed by atoms with Crippen LogP contribution in [0.3, 0.4) is 0 Å². The van der Waals surface area contributed by atoms with Crippen molar-refractivity contribution in [2.45, 2.75) is 0 Å². The largest absolute Gasteiger partial charge is 0.490 e. The van der Waals surface area contributed by atoms with Gasteiger partial charge in [-0.25, -0.2) is 0 Å². The SMILES string of the molecule is C1=Nc2ccccc2OCC2(COc3ccccc3N=1)COc1ccccc1N=C=Nc1ccccc1OC2. The van der Waals surface area contributed by atoms with Gasteiger partial charge in [-0.15, -0.1) is 0 Å². The third-order valence-corrected chi connectivity index (χ3v) is 6.28. The Balaban J connectivity index is 1.45. The number of benzene rings is 4. The van der Waals surface area contributed by atoms with Crippen LogP contribution in [0.1, 0.15) is 0 Å². The van der Waals surface area contributed by atoms with E-state index in [1.165, 1.54) is 0 Å². The standard InChI is InChI=1S/C31H24N4O4/c1-5-13-27-23(9-1)32-21-33-24-10-2-6-14-28(24)37-18-31(17-36-27)19-38-29-15-7-3-11-25(29)34-22-35-26-12-4-8-16-30(26)39-20-31/h1-16H,17-20H2. The molecule has 0 atom stereocenters. The molecule has 2 heterocycles. The highest BCUT2D eigenvalue weighted by molar-refractivity contribution is 5.65. The van der Waals surface area contributed by atoms with E-state index in [0.29, 0.717) is 45.7 Å². The van der Waals surface area contributed by atoms with E-state index in [9.17, 15) is 0 Å². The minimum Gasteiger partial charge on any atom is -0.490 e. The van der Waals surface area contributed by atoms with Gasteiger partial charge in [-0.3, -0.25) is 0 Å². The van der Waals surface area contributed by atoms with Gasteiger partial charge in [-0.2, -0.15) is 20.0 Å². The lowest BCUT2D eigenvalue weighted by Gasteiger charge is -2.33. The maximum Gasteiger partial charge on any atom is 0.145 e. The van der Waals surface area contributed by atoms with Crippen molar-refractivity contribution in [3.05, 3.63) is 97.1 Å². The topological polar surface area (TPSA) is 86.4 Å². The van der Waals surface area contributed by atoms with Crippen LogP contribution in [-0.2, 0) is 0 Å². The molecule has 39 heavy (non-hydrogen) atoms. The van der Waals surface area contributed by atoms with E-state index in [1.54, 1.807) is 0 Å². The van der Waals surface area contributed by atoms with Gasteiger partial charge in [-0.05, 0) is 48.5 Å². The predicted molar refractivity (Wildman–Crippen MR) is 149 cm³/mol. The smallest absolute Gasteiger partial charge is 0.145 e. The number of para-hydroxylation sites is 8. The molecule has 4 aromatic carbocycles. The molecule has 6 rings (SSSR count). The average Bonchev–Trinajstić information content (AvgIpc) is 2.97. The van der Waals surface area contributed by atoms with Gasteiger partial charge in [0.2, 0.25) is 0 Å². The summed E-state index contributed by atoms with van der Waals surface area (Å²) in [6.45, 7) is 0.872. The zero-order chi connectivity index (χ0) is 26.3. The molecule has 1 spiro atoms. The molecule has 0 bridgehead atoms. The van der Waals surface area contributed by atoms with Crippen molar-refractivity contribution in [2.24, 2.45) is 25.4 Å². The zero-order valence-electron chi connectivity index (χ0n) is 21.0. The zero-order valence-corrected chi connectivity index (χ0v) is 21.0. The normalized spacial score (nSPS) is 18.1. The summed E-state index contributed by atoms with van der Waals surface area (Å²) in [5.74, 6) is 2.37. The molecule has 0 fully saturated rings. The second-order valence-corrected chi connectivity index (χ2v) is 9.17. The van der Waals surface area contributed by atoms with E-state index < -0.39 is 5.41 Å². The number of hydrogen-bond donors (Lipinski definition) is 0. The third kappa shape index (κ3) is 5.58. The van der Waals surface area contributed by atoms with Gasteiger partial charge in [-0.1, -0.05) is 48.5 Å². The molecule has 0 unspecified atom stereocenters. The average molecular weight is 517 g/mol. The predicted octanol–water partition coefficient (Wildman–Crippen LogP) is 7.19. The van der Waals surface area contributed by atoms with Gasteiger partial charge in [0.25, 0.3) is 0 Å². The Labute approximate surface area is 225 Å². The minimum atomic E-state index is -0.764. The Morgan fingerprint density at radius 2 is 0.667 bits per heavy atom. The molecule has 0 saturated heterocycles. The molecule has 0 saturated carbocycles. The van der Waals surface area contributed by atoms with Crippen LogP contribution in [0.25, 0.3) is 0 Å². The lowest BCUT2D eigenvalue weighted by atomic mass is 9.92. The highest BCUT2D eigenvalue weighted by Crippen LogP contribution is 2.36. The van der Waals surface area contributed by atoms with Crippen molar-refractivity contribution >= 4 is 34.8 Å². The highest BCUT2D eigenvalue weighted by atomic mass is 16.5. The quantitative estimate of drug-likeness (QED) is 0.248. The van der Waals surface area contributed by atoms with Crippen molar-refractivity contribution in [3.63, 3.8) is 0 Å². The minimum absolute atomic E-state index is 0.218. The van der Waals surface area contributed by atoms with Gasteiger partial charge in [0.05, 0.1) is 0 Å². The molecular weight excluding hydrogens is 492 g/mol. The molecule has 2 aliphatic rings. The number of fused-ring (bicyclic) bond motifs is 4. The summed E-state index contributed by atoms with van der Waals surface area (Å²) in [6.07, 6.45) is 0. The van der Waals surface area contributed by atoms with Crippen molar-refractivity contribution in [1.82, 2.24) is 0 Å². The highest BCUT2D eigenvalue weighted by Gasteiger charge is 2.37. The molecule has 0 N–H and O–H groups in total. The molecule has 0 amide bonds. The van der Waals surface area contributed by atoms with Crippen molar-refractivity contribution in [1.29, 1.82) is 0 Å². The van der Waals surface area contributed by atoms with E-state index in [4.69, 9.17) is 18.9 Å². The molecule has 8 nitrogen and oxygen atoms in total. The molecule has 4 aromatic rings. The fourth-order valence-corrected chi connectivity index (χ4v) is 4.13. The summed E-state index contributed by atoms with van der Waals surface area (Å²) in [6, 6.07) is 35.6. The molecule has 192 valence electrons. The van der Waals surface area contributed by atoms with E-state index >= 15 is 0 Å². The fraction of sp³-hybridized carbons (Fsp3) is 0.161. The Kier molecular flexibility index (Phi) is 6.87. The van der Waals surface area contributed by atoms with Crippen LogP contribution in [-0.4, -0.2) is 38.4 Å². The van der Waals surface area contributed by atoms with Gasteiger partial charge >= 0.3 is 0 Å². The van der Waals surface area contributed by atoms with E-state index in [1.807, 2.05) is 97.1 Å². The monoisotopic (exact) mass is 516 g/mol. The van der Waals surface area contributed by atoms with Crippen LogP contribution >= 0.6 is 0 Å². The fourth-order valence-electron chi connectivity index (χ4n) is 4.13. The number of rotatable bonds is 0. The van der Waals surface area contributed by atoms with Crippen molar-refractivity contribution in [2.75, 3.05) is 26.4 Å². The second-order valence-electron chi connectivity index (χ2n) is 9.17. The first-order valence-corrected chi connectivity index (χ1v) is 12.5. The van der Waals surface area contributed by atoms with E-state index in [2.05, 4.69) is 32.0 Å². The van der Waals surface area contributed by atoms with E-state index in [-0.39, 0.29) is 26.4 Å². The van der Waals surface area contributed by atoms with Crippen LogP contribution in [0, 0.1) is 5.41 Å². The first kappa shape index (κ1) is 24.2. The van der Waals surface area contributed by atoms with Gasteiger partial charge in [0.1, 0.15) is 89.6 Å². The molecule has 2 aliphatic heterocycles. The molecular formula is C31H24N4O4. The van der Waals surface area contributed by atoms with Gasteiger partial charge in [0, 0.05) is 0 Å². The maximum absolute atomic E-state index is 6.37. The maximum atomic E-state index is 6.37. The summed E-state index contributed by atoms with van der Waals surface area (Å²) >= 11 is 0. The molecule has 0 radical (unpaired) electrons. The van der Waals surface area contributed by atoms with Crippen LogP contribution in [0.2, 0.25) is 0 Å². The summed E-state index contributed by atoms with van der Waals surface area (Å²) < 4.78 is 25.5. The van der Waals surface area contributed by atoms with Crippen LogP contribution < -0.4 is 18.9 Å². The summed E-state index contributed by atoms with van der Waals surface area (Å²) in [5.41, 5.74) is 1.70. The van der Waals surface area contributed by atoms with Crippen LogP contribution in [0.4, 0.5) is 22.7 Å². The lowest BCUT2D eigenvalue weighted by Crippen LogP contribution is -2.45. The van der Waals surface area contributed by atoms with Crippen molar-refractivity contribution in [3.8, 4) is 23.0 Å². The number of ether oxygens (including phenoxy) is 4. The van der Waals surface area contributed by atoms with Gasteiger partial charge < -0.3 is 18.9 Å². The van der Waals surface area contributed by atoms with Crippen molar-refractivity contribution < 1.29 is 18.9 Å². The van der Waals surface area contributed by atoms with E-state index in [0.717, 1.165) is 0 Å². The summed E-state index contributed by atoms with van der Waals surface area (Å²) in [7, 11) is 0. The van der Waals surface area contributed by atoms with Crippen LogP contribution in [0.5, 0.6) is 23.0 Å². The first-order chi connectivity index (χ1) is 19.3. The Morgan fingerprint density at radius 1 is 0.410 bits per heavy atom. The Morgan fingerprint density at radius 3 is 0.949 bits per heavy atom. The summed E-state index contributed by atoms with van der Waals surface area (Å²) in [5, 5.41) is 0. The molecule has 0 aromatic heterocycles. The first-order valence-electron chi connectivity index (χ1n) is 12.5. The Bertz CT molecular complexity index is 1380. The second kappa shape index (κ2) is 11.1. The lowest BCUT2D eigenvalue weighted by molar-refractivity contribution is -0.00295. The molecule has 8 heteroatoms. The number of nitrogens with zero attached hydrogens (tertiary/aromatic N) is 4. The van der Waals surface area contributed by atoms with Gasteiger partial charge in [0.15, 0.2) is 0 Å².